The first-order valence-electron chi connectivity index (χ1n) is 6.91. The average molecular weight is 298 g/mol. The number of aryl methyl sites for hydroxylation is 2. The van der Waals surface area contributed by atoms with Gasteiger partial charge in [0.2, 0.25) is 0 Å². The summed E-state index contributed by atoms with van der Waals surface area (Å²) in [5.74, 6) is 0. The van der Waals surface area contributed by atoms with Crippen molar-refractivity contribution in [2.24, 2.45) is 0 Å². The second-order valence-corrected chi connectivity index (χ2v) is 6.14. The Morgan fingerprint density at radius 2 is 1.90 bits per heavy atom. The first kappa shape index (κ1) is 14.0. The monoisotopic (exact) mass is 298 g/mol. The molecule has 0 radical (unpaired) electrons. The quantitative estimate of drug-likeness (QED) is 0.804. The average Bonchev–Trinajstić information content (AvgIpc) is 3.09. The molecule has 0 fully saturated rings. The van der Waals surface area contributed by atoms with Gasteiger partial charge in [-0.25, -0.2) is 9.67 Å². The second-order valence-electron chi connectivity index (χ2n) is 4.91. The number of thiazole rings is 1. The summed E-state index contributed by atoms with van der Waals surface area (Å²) in [5.41, 5.74) is 3.27. The fourth-order valence-corrected chi connectivity index (χ4v) is 3.60. The van der Waals surface area contributed by atoms with Crippen molar-refractivity contribution in [3.8, 4) is 5.69 Å². The molecule has 0 amide bonds. The number of benzene rings is 1. The van der Waals surface area contributed by atoms with Crippen LogP contribution in [0.15, 0.2) is 42.6 Å². The molecule has 0 aliphatic rings. The molecule has 0 bridgehead atoms. The van der Waals surface area contributed by atoms with Crippen molar-refractivity contribution in [1.29, 1.82) is 0 Å². The van der Waals surface area contributed by atoms with Gasteiger partial charge in [0.05, 0.1) is 33.0 Å². The highest BCUT2D eigenvalue weighted by Crippen LogP contribution is 2.30. The van der Waals surface area contributed by atoms with E-state index in [0.29, 0.717) is 0 Å². The Labute approximate surface area is 128 Å². The summed E-state index contributed by atoms with van der Waals surface area (Å²) in [6, 6.07) is 12.3. The third kappa shape index (κ3) is 2.62. The summed E-state index contributed by atoms with van der Waals surface area (Å²) < 4.78 is 1.98. The topological polar surface area (TPSA) is 42.7 Å². The molecule has 1 aromatic carbocycles. The SMILES string of the molecule is CNC(c1sc(C)nc1C)c1ccnn1-c1ccccc1. The van der Waals surface area contributed by atoms with Crippen LogP contribution in [0.3, 0.4) is 0 Å². The summed E-state index contributed by atoms with van der Waals surface area (Å²) in [6.07, 6.45) is 1.84. The number of aromatic nitrogens is 3. The van der Waals surface area contributed by atoms with Crippen LogP contribution in [-0.4, -0.2) is 21.8 Å². The zero-order chi connectivity index (χ0) is 14.8. The highest BCUT2D eigenvalue weighted by atomic mass is 32.1. The van der Waals surface area contributed by atoms with Gasteiger partial charge in [0.15, 0.2) is 0 Å². The van der Waals surface area contributed by atoms with E-state index in [4.69, 9.17) is 0 Å². The van der Waals surface area contributed by atoms with Gasteiger partial charge < -0.3 is 5.32 Å². The number of nitrogens with zero attached hydrogens (tertiary/aromatic N) is 3. The lowest BCUT2D eigenvalue weighted by molar-refractivity contribution is 0.642. The zero-order valence-electron chi connectivity index (χ0n) is 12.4. The van der Waals surface area contributed by atoms with Gasteiger partial charge in [-0.2, -0.15) is 5.10 Å². The molecular weight excluding hydrogens is 280 g/mol. The smallest absolute Gasteiger partial charge is 0.0900 e. The molecule has 5 heteroatoms. The molecule has 3 aromatic rings. The van der Waals surface area contributed by atoms with E-state index in [9.17, 15) is 0 Å². The Hall–Kier alpha value is -1.98. The van der Waals surface area contributed by atoms with Crippen LogP contribution in [0.4, 0.5) is 0 Å². The molecular formula is C16H18N4S. The van der Waals surface area contributed by atoms with Crippen molar-refractivity contribution in [2.45, 2.75) is 19.9 Å². The fraction of sp³-hybridized carbons (Fsp3) is 0.250. The van der Waals surface area contributed by atoms with Crippen molar-refractivity contribution in [2.75, 3.05) is 7.05 Å². The summed E-state index contributed by atoms with van der Waals surface area (Å²) in [6.45, 7) is 4.11. The Kier molecular flexibility index (Phi) is 3.86. The lowest BCUT2D eigenvalue weighted by Gasteiger charge is -2.17. The number of para-hydroxylation sites is 1. The standard InChI is InChI=1S/C16H18N4S/c1-11-16(21-12(2)19-11)15(17-3)14-9-10-18-20(14)13-7-5-4-6-8-13/h4-10,15,17H,1-3H3. The van der Waals surface area contributed by atoms with E-state index in [2.05, 4.69) is 40.5 Å². The number of hydrogen-bond acceptors (Lipinski definition) is 4. The summed E-state index contributed by atoms with van der Waals surface area (Å²) >= 11 is 1.73. The van der Waals surface area contributed by atoms with Crippen LogP contribution in [-0.2, 0) is 0 Å². The second kappa shape index (κ2) is 5.79. The van der Waals surface area contributed by atoms with Crippen LogP contribution in [0, 0.1) is 13.8 Å². The minimum Gasteiger partial charge on any atom is -0.307 e. The molecule has 0 saturated carbocycles. The van der Waals surface area contributed by atoms with Crippen LogP contribution in [0.1, 0.15) is 27.3 Å². The largest absolute Gasteiger partial charge is 0.307 e. The van der Waals surface area contributed by atoms with Crippen molar-refractivity contribution in [1.82, 2.24) is 20.1 Å². The van der Waals surface area contributed by atoms with Gasteiger partial charge in [-0.1, -0.05) is 18.2 Å². The zero-order valence-corrected chi connectivity index (χ0v) is 13.2. The molecule has 3 rings (SSSR count). The van der Waals surface area contributed by atoms with Gasteiger partial charge in [0.25, 0.3) is 0 Å². The van der Waals surface area contributed by atoms with Gasteiger partial charge >= 0.3 is 0 Å². The van der Waals surface area contributed by atoms with Crippen LogP contribution in [0.25, 0.3) is 5.69 Å². The molecule has 1 N–H and O–H groups in total. The number of nitrogens with one attached hydrogen (secondary N) is 1. The molecule has 4 nitrogen and oxygen atoms in total. The number of hydrogen-bond donors (Lipinski definition) is 1. The van der Waals surface area contributed by atoms with Gasteiger partial charge in [-0.05, 0) is 39.1 Å². The molecule has 0 aliphatic heterocycles. The molecule has 108 valence electrons. The minimum atomic E-state index is 0.0962. The maximum Gasteiger partial charge on any atom is 0.0900 e. The lowest BCUT2D eigenvalue weighted by Crippen LogP contribution is -2.21. The normalized spacial score (nSPS) is 12.5. The van der Waals surface area contributed by atoms with E-state index < -0.39 is 0 Å². The van der Waals surface area contributed by atoms with Crippen molar-refractivity contribution in [3.63, 3.8) is 0 Å². The minimum absolute atomic E-state index is 0.0962. The first-order chi connectivity index (χ1) is 10.2. The van der Waals surface area contributed by atoms with Gasteiger partial charge in [0, 0.05) is 6.20 Å². The predicted molar refractivity (Wildman–Crippen MR) is 86.1 cm³/mol. The molecule has 0 saturated heterocycles. The van der Waals surface area contributed by atoms with Crippen LogP contribution in [0.2, 0.25) is 0 Å². The van der Waals surface area contributed by atoms with E-state index in [1.165, 1.54) is 4.88 Å². The van der Waals surface area contributed by atoms with Gasteiger partial charge in [-0.15, -0.1) is 11.3 Å². The van der Waals surface area contributed by atoms with Crippen molar-refractivity contribution >= 4 is 11.3 Å². The van der Waals surface area contributed by atoms with Gasteiger partial charge in [0.1, 0.15) is 0 Å². The third-order valence-corrected chi connectivity index (χ3v) is 4.60. The molecule has 1 atom stereocenters. The van der Waals surface area contributed by atoms with E-state index in [1.54, 1.807) is 11.3 Å². The van der Waals surface area contributed by atoms with Crippen molar-refractivity contribution < 1.29 is 0 Å². The number of rotatable bonds is 4. The maximum absolute atomic E-state index is 4.54. The van der Waals surface area contributed by atoms with E-state index >= 15 is 0 Å². The Bertz CT molecular complexity index is 730. The predicted octanol–water partition coefficient (Wildman–Crippen LogP) is 3.25. The Morgan fingerprint density at radius 1 is 1.14 bits per heavy atom. The first-order valence-corrected chi connectivity index (χ1v) is 7.73. The van der Waals surface area contributed by atoms with Gasteiger partial charge in [-0.3, -0.25) is 0 Å². The van der Waals surface area contributed by atoms with Crippen LogP contribution >= 0.6 is 11.3 Å². The maximum atomic E-state index is 4.54. The molecule has 21 heavy (non-hydrogen) atoms. The Morgan fingerprint density at radius 3 is 2.52 bits per heavy atom. The highest BCUT2D eigenvalue weighted by molar-refractivity contribution is 7.11. The Balaban J connectivity index is 2.07. The molecule has 2 aromatic heterocycles. The molecule has 0 aliphatic carbocycles. The summed E-state index contributed by atoms with van der Waals surface area (Å²) in [5, 5.41) is 8.96. The summed E-state index contributed by atoms with van der Waals surface area (Å²) in [4.78, 5) is 5.78. The van der Waals surface area contributed by atoms with Crippen LogP contribution in [0.5, 0.6) is 0 Å². The van der Waals surface area contributed by atoms with E-state index in [0.717, 1.165) is 22.1 Å². The lowest BCUT2D eigenvalue weighted by atomic mass is 10.1. The fourth-order valence-electron chi connectivity index (χ4n) is 2.55. The third-order valence-electron chi connectivity index (χ3n) is 3.46. The van der Waals surface area contributed by atoms with Crippen molar-refractivity contribution in [3.05, 3.63) is 63.9 Å². The molecule has 0 spiro atoms. The molecule has 2 heterocycles. The van der Waals surface area contributed by atoms with E-state index in [-0.39, 0.29) is 6.04 Å². The highest BCUT2D eigenvalue weighted by Gasteiger charge is 2.21. The van der Waals surface area contributed by atoms with Crippen LogP contribution < -0.4 is 5.32 Å². The summed E-state index contributed by atoms with van der Waals surface area (Å²) in [7, 11) is 1.97. The van der Waals surface area contributed by atoms with E-state index in [1.807, 2.05) is 43.0 Å². The molecule has 1 unspecified atom stereocenters.